The number of aromatic amines is 1. The number of nitrogens with two attached hydrogens (primary N) is 1. The Morgan fingerprint density at radius 1 is 1.07 bits per heavy atom. The molecule has 4 heterocycles. The summed E-state index contributed by atoms with van der Waals surface area (Å²) < 4.78 is 21.3. The van der Waals surface area contributed by atoms with Gasteiger partial charge in [-0.3, -0.25) is 4.79 Å². The zero-order chi connectivity index (χ0) is 30.0. The number of carbonyl (C=O) groups is 2. The number of aryl methyl sites for hydroxylation is 2. The number of carbonyl (C=O) groups excluding carboxylic acids is 2. The van der Waals surface area contributed by atoms with Crippen molar-refractivity contribution in [2.24, 2.45) is 0 Å². The fourth-order valence-corrected chi connectivity index (χ4v) is 6.06. The van der Waals surface area contributed by atoms with Gasteiger partial charge in [0.2, 0.25) is 0 Å². The number of hydrogen-bond donors (Lipinski definition) is 3. The first-order chi connectivity index (χ1) is 20.7. The van der Waals surface area contributed by atoms with E-state index in [1.54, 1.807) is 47.4 Å². The second kappa shape index (κ2) is 9.99. The van der Waals surface area contributed by atoms with E-state index in [4.69, 9.17) is 10.5 Å². The average Bonchev–Trinajstić information content (AvgIpc) is 3.76. The summed E-state index contributed by atoms with van der Waals surface area (Å²) in [5.41, 5.74) is 10.8. The van der Waals surface area contributed by atoms with Crippen LogP contribution in [-0.4, -0.2) is 49.3 Å². The molecule has 3 aromatic carbocycles. The number of imide groups is 1. The molecule has 4 N–H and O–H groups in total. The van der Waals surface area contributed by atoms with Crippen LogP contribution in [0.5, 0.6) is 11.5 Å². The van der Waals surface area contributed by atoms with Crippen LogP contribution in [0.2, 0.25) is 0 Å². The monoisotopic (exact) mass is 580 g/mol. The standard InChI is InChI=1S/C32H29FN6O4/c1-17-12-19-14-24(36-23(19)15-27(17)38-31(41)26-7-5-11-37(26)32(38)42)29(40)21-16-35-39(30(21)34)25-10-9-20(13-18(25)2)43-28-8-4-3-6-22(28)33/h3-4,6,8-10,12-16,26,29,36,40H,5,7,11,34H2,1-2H3. The molecule has 7 rings (SSSR count). The van der Waals surface area contributed by atoms with Crippen molar-refractivity contribution < 1.29 is 23.8 Å². The number of urea groups is 1. The molecule has 0 aliphatic carbocycles. The molecule has 3 amide bonds. The molecule has 2 atom stereocenters. The van der Waals surface area contributed by atoms with Crippen LogP contribution in [0.15, 0.2) is 66.9 Å². The molecule has 2 aliphatic rings. The van der Waals surface area contributed by atoms with E-state index < -0.39 is 11.9 Å². The zero-order valence-corrected chi connectivity index (χ0v) is 23.5. The molecule has 11 heteroatoms. The van der Waals surface area contributed by atoms with E-state index in [0.29, 0.717) is 46.9 Å². The highest BCUT2D eigenvalue weighted by molar-refractivity contribution is 6.22. The number of rotatable bonds is 6. The molecule has 0 spiro atoms. The van der Waals surface area contributed by atoms with Gasteiger partial charge in [0.05, 0.1) is 17.6 Å². The lowest BCUT2D eigenvalue weighted by atomic mass is 10.1. The molecule has 2 unspecified atom stereocenters. The minimum absolute atomic E-state index is 0.123. The number of nitrogen functional groups attached to an aromatic ring is 1. The quantitative estimate of drug-likeness (QED) is 0.228. The Labute approximate surface area is 246 Å². The maximum atomic E-state index is 14.0. The number of nitrogens with zero attached hydrogens (tertiary/aromatic N) is 4. The first-order valence-corrected chi connectivity index (χ1v) is 14.0. The van der Waals surface area contributed by atoms with Crippen molar-refractivity contribution in [3.63, 3.8) is 0 Å². The summed E-state index contributed by atoms with van der Waals surface area (Å²) in [6.45, 7) is 4.31. The SMILES string of the molecule is Cc1cc2cc(C(O)c3cnn(-c4ccc(Oc5ccccc5F)cc4C)c3N)[nH]c2cc1N1C(=O)C2CCCN2C1=O. The number of amides is 3. The molecule has 0 radical (unpaired) electrons. The number of ether oxygens (including phenoxy) is 1. The van der Waals surface area contributed by atoms with E-state index in [1.165, 1.54) is 21.8 Å². The first-order valence-electron chi connectivity index (χ1n) is 14.0. The highest BCUT2D eigenvalue weighted by atomic mass is 19.1. The summed E-state index contributed by atoms with van der Waals surface area (Å²) in [6.07, 6.45) is 1.91. The van der Waals surface area contributed by atoms with Crippen molar-refractivity contribution in [2.75, 3.05) is 17.2 Å². The van der Waals surface area contributed by atoms with E-state index in [0.717, 1.165) is 22.9 Å². The summed E-state index contributed by atoms with van der Waals surface area (Å²) in [4.78, 5) is 32.2. The normalized spacial score (nSPS) is 17.3. The second-order valence-electron chi connectivity index (χ2n) is 11.0. The number of para-hydroxylation sites is 1. The molecule has 10 nitrogen and oxygen atoms in total. The first kappa shape index (κ1) is 26.7. The highest BCUT2D eigenvalue weighted by Crippen LogP contribution is 2.37. The lowest BCUT2D eigenvalue weighted by Crippen LogP contribution is -2.33. The Hall–Kier alpha value is -5.16. The third kappa shape index (κ3) is 4.31. The van der Waals surface area contributed by atoms with Gasteiger partial charge in [0, 0.05) is 28.7 Å². The van der Waals surface area contributed by atoms with Gasteiger partial charge in [-0.05, 0) is 86.3 Å². The van der Waals surface area contributed by atoms with Crippen LogP contribution in [-0.2, 0) is 4.79 Å². The number of aliphatic hydroxyl groups excluding tert-OH is 1. The van der Waals surface area contributed by atoms with Crippen LogP contribution in [0.1, 0.15) is 41.3 Å². The average molecular weight is 581 g/mol. The highest BCUT2D eigenvalue weighted by Gasteiger charge is 2.48. The van der Waals surface area contributed by atoms with Crippen LogP contribution < -0.4 is 15.4 Å². The zero-order valence-electron chi connectivity index (χ0n) is 23.5. The van der Waals surface area contributed by atoms with Crippen LogP contribution >= 0.6 is 0 Å². The van der Waals surface area contributed by atoms with Gasteiger partial charge in [-0.2, -0.15) is 5.10 Å². The summed E-state index contributed by atoms with van der Waals surface area (Å²) in [5, 5.41) is 16.6. The Morgan fingerprint density at radius 3 is 2.63 bits per heavy atom. The predicted molar refractivity (Wildman–Crippen MR) is 159 cm³/mol. The van der Waals surface area contributed by atoms with Crippen molar-refractivity contribution >= 4 is 34.3 Å². The van der Waals surface area contributed by atoms with E-state index in [1.807, 2.05) is 26.0 Å². The fourth-order valence-electron chi connectivity index (χ4n) is 6.06. The molecule has 2 fully saturated rings. The number of aliphatic hydroxyl groups is 1. The third-order valence-electron chi connectivity index (χ3n) is 8.28. The van der Waals surface area contributed by atoms with Crippen molar-refractivity contribution in [3.8, 4) is 17.2 Å². The van der Waals surface area contributed by atoms with Crippen LogP contribution in [0.25, 0.3) is 16.6 Å². The van der Waals surface area contributed by atoms with Crippen LogP contribution in [0.3, 0.4) is 0 Å². The smallest absolute Gasteiger partial charge is 0.332 e. The van der Waals surface area contributed by atoms with Crippen molar-refractivity contribution in [3.05, 3.63) is 95.1 Å². The molecule has 2 saturated heterocycles. The summed E-state index contributed by atoms with van der Waals surface area (Å²) in [6, 6.07) is 16.2. The van der Waals surface area contributed by atoms with E-state index in [2.05, 4.69) is 10.1 Å². The molecule has 218 valence electrons. The maximum absolute atomic E-state index is 14.0. The summed E-state index contributed by atoms with van der Waals surface area (Å²) >= 11 is 0. The molecule has 0 bridgehead atoms. The Bertz CT molecular complexity index is 1910. The maximum Gasteiger partial charge on any atom is 0.332 e. The lowest BCUT2D eigenvalue weighted by molar-refractivity contribution is -0.119. The van der Waals surface area contributed by atoms with Crippen molar-refractivity contribution in [1.82, 2.24) is 19.7 Å². The van der Waals surface area contributed by atoms with Gasteiger partial charge in [0.25, 0.3) is 5.91 Å². The number of aromatic nitrogens is 3. The molecular formula is C32H29FN6O4. The number of fused-ring (bicyclic) bond motifs is 2. The van der Waals surface area contributed by atoms with Gasteiger partial charge in [-0.25, -0.2) is 18.8 Å². The van der Waals surface area contributed by atoms with Gasteiger partial charge in [0.15, 0.2) is 11.6 Å². The van der Waals surface area contributed by atoms with E-state index in [9.17, 15) is 19.1 Å². The topological polar surface area (TPSA) is 130 Å². The van der Waals surface area contributed by atoms with Crippen molar-refractivity contribution in [1.29, 1.82) is 0 Å². The van der Waals surface area contributed by atoms with Gasteiger partial charge < -0.3 is 25.5 Å². The molecular weight excluding hydrogens is 551 g/mol. The Balaban J connectivity index is 1.16. The summed E-state index contributed by atoms with van der Waals surface area (Å²) in [5.74, 6) is 0.184. The third-order valence-corrected chi connectivity index (χ3v) is 8.28. The number of benzene rings is 3. The van der Waals surface area contributed by atoms with E-state index in [-0.39, 0.29) is 29.5 Å². The van der Waals surface area contributed by atoms with Gasteiger partial charge in [-0.15, -0.1) is 0 Å². The summed E-state index contributed by atoms with van der Waals surface area (Å²) in [7, 11) is 0. The number of hydrogen-bond acceptors (Lipinski definition) is 6. The Morgan fingerprint density at radius 2 is 1.86 bits per heavy atom. The number of H-pyrrole nitrogens is 1. The van der Waals surface area contributed by atoms with Crippen molar-refractivity contribution in [2.45, 2.75) is 38.8 Å². The minimum atomic E-state index is -1.12. The van der Waals surface area contributed by atoms with Gasteiger partial charge in [-0.1, -0.05) is 12.1 Å². The molecule has 2 aromatic heterocycles. The molecule has 0 saturated carbocycles. The molecule has 5 aromatic rings. The molecule has 43 heavy (non-hydrogen) atoms. The molecule has 2 aliphatic heterocycles. The van der Waals surface area contributed by atoms with Crippen LogP contribution in [0.4, 0.5) is 20.7 Å². The second-order valence-corrected chi connectivity index (χ2v) is 11.0. The fraction of sp³-hybridized carbons (Fsp3) is 0.219. The van der Waals surface area contributed by atoms with Gasteiger partial charge in [0.1, 0.15) is 23.7 Å². The predicted octanol–water partition coefficient (Wildman–Crippen LogP) is 5.50. The number of halogens is 1. The largest absolute Gasteiger partial charge is 0.454 e. The minimum Gasteiger partial charge on any atom is -0.454 e. The van der Waals surface area contributed by atoms with Gasteiger partial charge >= 0.3 is 6.03 Å². The lowest BCUT2D eigenvalue weighted by Gasteiger charge is -2.18. The Kier molecular flexibility index (Phi) is 6.21. The number of nitrogens with one attached hydrogen (secondary N) is 1. The number of anilines is 2. The van der Waals surface area contributed by atoms with E-state index >= 15 is 0 Å². The van der Waals surface area contributed by atoms with Crippen LogP contribution in [0, 0.1) is 19.7 Å².